The van der Waals surface area contributed by atoms with Crippen molar-refractivity contribution < 1.29 is 18.3 Å². The molecule has 1 saturated heterocycles. The fraction of sp³-hybridized carbons (Fsp3) is 0.172. The predicted molar refractivity (Wildman–Crippen MR) is 145 cm³/mol. The van der Waals surface area contributed by atoms with Crippen LogP contribution in [-0.4, -0.2) is 47.3 Å². The fourth-order valence-electron chi connectivity index (χ4n) is 4.54. The maximum Gasteiger partial charge on any atom is 0.269 e. The second-order valence-electron chi connectivity index (χ2n) is 9.15. The number of anilines is 2. The lowest BCUT2D eigenvalue weighted by molar-refractivity contribution is -0.0261. The number of H-pyrrole nitrogens is 1. The molecule has 1 aliphatic rings. The maximum absolute atomic E-state index is 14.0. The van der Waals surface area contributed by atoms with E-state index in [1.54, 1.807) is 54.6 Å². The number of aliphatic hydroxyl groups is 1. The zero-order chi connectivity index (χ0) is 26.2. The molecular weight excluding hydrogens is 500 g/mol. The number of aromatic amines is 1. The van der Waals surface area contributed by atoms with Crippen molar-refractivity contribution in [3.8, 4) is 11.8 Å². The summed E-state index contributed by atoms with van der Waals surface area (Å²) in [5, 5.41) is 12.1. The molecule has 3 aromatic carbocycles. The van der Waals surface area contributed by atoms with Gasteiger partial charge in [-0.05, 0) is 54.6 Å². The topological polar surface area (TPSA) is 108 Å². The van der Waals surface area contributed by atoms with Crippen molar-refractivity contribution in [1.82, 2.24) is 15.0 Å². The van der Waals surface area contributed by atoms with Gasteiger partial charge in [0.25, 0.3) is 10.0 Å². The molecule has 0 unspecified atom stereocenters. The van der Waals surface area contributed by atoms with Crippen molar-refractivity contribution in [3.05, 3.63) is 90.9 Å². The molecule has 0 atom stereocenters. The molecular formula is C29H24N4O4S. The van der Waals surface area contributed by atoms with E-state index < -0.39 is 15.6 Å². The minimum absolute atomic E-state index is 0.146. The Morgan fingerprint density at radius 1 is 0.974 bits per heavy atom. The smallest absolute Gasteiger partial charge is 0.269 e. The lowest BCUT2D eigenvalue weighted by Crippen LogP contribution is -2.34. The largest absolute Gasteiger partial charge is 0.381 e. The highest BCUT2D eigenvalue weighted by Gasteiger charge is 2.30. The molecule has 8 nitrogen and oxygen atoms in total. The quantitative estimate of drug-likeness (QED) is 0.335. The SMILES string of the molecule is O=S(=O)(c1ccccc1)N(c1ccc2[nH]ccc2c1)c1ncnc2cc(C#CC3(O)CCOCC3)ccc12. The van der Waals surface area contributed by atoms with Crippen LogP contribution in [0.5, 0.6) is 0 Å². The van der Waals surface area contributed by atoms with Crippen LogP contribution in [0, 0.1) is 11.8 Å². The van der Waals surface area contributed by atoms with Crippen molar-refractivity contribution in [1.29, 1.82) is 0 Å². The van der Waals surface area contributed by atoms with E-state index in [1.807, 2.05) is 24.4 Å². The van der Waals surface area contributed by atoms with Crippen molar-refractivity contribution >= 4 is 43.3 Å². The number of benzene rings is 3. The van der Waals surface area contributed by atoms with E-state index >= 15 is 0 Å². The van der Waals surface area contributed by atoms with Crippen LogP contribution >= 0.6 is 0 Å². The summed E-state index contributed by atoms with van der Waals surface area (Å²) in [5.74, 6) is 6.26. The summed E-state index contributed by atoms with van der Waals surface area (Å²) in [6, 6.07) is 20.9. The molecule has 5 aromatic rings. The second kappa shape index (κ2) is 9.58. The Kier molecular flexibility index (Phi) is 6.08. The van der Waals surface area contributed by atoms with E-state index in [1.165, 1.54) is 10.6 Å². The van der Waals surface area contributed by atoms with Crippen LogP contribution in [0.4, 0.5) is 11.5 Å². The first kappa shape index (κ1) is 24.1. The standard InChI is InChI=1S/C29H24N4O4S/c34-29(13-16-37-17-14-29)12-10-21-6-8-25-27(18-21)31-20-32-28(25)33(38(35,36)24-4-2-1-3-5-24)23-7-9-26-22(19-23)11-15-30-26/h1-9,11,15,18-20,30,34H,13-14,16-17H2. The molecule has 6 rings (SSSR count). The summed E-state index contributed by atoms with van der Waals surface area (Å²) in [6.45, 7) is 0.944. The van der Waals surface area contributed by atoms with E-state index in [0.717, 1.165) is 10.9 Å². The second-order valence-corrected chi connectivity index (χ2v) is 10.9. The van der Waals surface area contributed by atoms with Gasteiger partial charge in [-0.2, -0.15) is 0 Å². The Bertz CT molecular complexity index is 1800. The Morgan fingerprint density at radius 3 is 2.61 bits per heavy atom. The molecule has 0 radical (unpaired) electrons. The minimum Gasteiger partial charge on any atom is -0.381 e. The first-order valence-electron chi connectivity index (χ1n) is 12.2. The first-order valence-corrected chi connectivity index (χ1v) is 13.6. The average Bonchev–Trinajstić information content (AvgIpc) is 3.41. The third-order valence-corrected chi connectivity index (χ3v) is 8.35. The highest BCUT2D eigenvalue weighted by atomic mass is 32.2. The molecule has 9 heteroatoms. The molecule has 3 heterocycles. The number of nitrogens with one attached hydrogen (secondary N) is 1. The number of hydrogen-bond acceptors (Lipinski definition) is 6. The molecule has 0 saturated carbocycles. The number of sulfonamides is 1. The van der Waals surface area contributed by atoms with Gasteiger partial charge in [-0.1, -0.05) is 30.0 Å². The Hall–Kier alpha value is -4.23. The van der Waals surface area contributed by atoms with Gasteiger partial charge in [-0.15, -0.1) is 0 Å². The molecule has 38 heavy (non-hydrogen) atoms. The summed E-state index contributed by atoms with van der Waals surface area (Å²) in [4.78, 5) is 12.1. The van der Waals surface area contributed by atoms with E-state index in [2.05, 4.69) is 26.8 Å². The Labute approximate surface area is 220 Å². The van der Waals surface area contributed by atoms with Gasteiger partial charge in [0.1, 0.15) is 11.9 Å². The van der Waals surface area contributed by atoms with Crippen LogP contribution in [0.25, 0.3) is 21.8 Å². The molecule has 2 aromatic heterocycles. The van der Waals surface area contributed by atoms with Crippen molar-refractivity contribution in [2.45, 2.75) is 23.3 Å². The Balaban J connectivity index is 1.49. The van der Waals surface area contributed by atoms with Crippen LogP contribution in [-0.2, 0) is 14.8 Å². The number of aromatic nitrogens is 3. The van der Waals surface area contributed by atoms with Gasteiger partial charge >= 0.3 is 0 Å². The molecule has 0 spiro atoms. The summed E-state index contributed by atoms with van der Waals surface area (Å²) in [6.07, 6.45) is 4.07. The van der Waals surface area contributed by atoms with Gasteiger partial charge in [0.05, 0.1) is 29.3 Å². The number of fused-ring (bicyclic) bond motifs is 2. The fourth-order valence-corrected chi connectivity index (χ4v) is 6.02. The van der Waals surface area contributed by atoms with Gasteiger partial charge in [0, 0.05) is 40.9 Å². The Morgan fingerprint density at radius 2 is 1.79 bits per heavy atom. The highest BCUT2D eigenvalue weighted by Crippen LogP contribution is 2.36. The lowest BCUT2D eigenvalue weighted by atomic mass is 9.95. The molecule has 0 aliphatic carbocycles. The van der Waals surface area contributed by atoms with Gasteiger partial charge in [-0.3, -0.25) is 0 Å². The summed E-state index contributed by atoms with van der Waals surface area (Å²) >= 11 is 0. The lowest BCUT2D eigenvalue weighted by Gasteiger charge is -2.26. The number of rotatable bonds is 4. The number of ether oxygens (including phenoxy) is 1. The van der Waals surface area contributed by atoms with Crippen molar-refractivity contribution in [2.75, 3.05) is 17.5 Å². The van der Waals surface area contributed by atoms with Gasteiger partial charge in [0.15, 0.2) is 5.82 Å². The molecule has 0 bridgehead atoms. The van der Waals surface area contributed by atoms with Crippen molar-refractivity contribution in [2.24, 2.45) is 0 Å². The zero-order valence-electron chi connectivity index (χ0n) is 20.3. The number of hydrogen-bond donors (Lipinski definition) is 2. The molecule has 1 fully saturated rings. The van der Waals surface area contributed by atoms with E-state index in [9.17, 15) is 13.5 Å². The zero-order valence-corrected chi connectivity index (χ0v) is 21.1. The van der Waals surface area contributed by atoms with Crippen LogP contribution < -0.4 is 4.31 Å². The third-order valence-electron chi connectivity index (χ3n) is 6.62. The van der Waals surface area contributed by atoms with Crippen LogP contribution in [0.1, 0.15) is 18.4 Å². The van der Waals surface area contributed by atoms with Gasteiger partial charge < -0.3 is 14.8 Å². The van der Waals surface area contributed by atoms with E-state index in [0.29, 0.717) is 48.2 Å². The molecule has 1 aliphatic heterocycles. The van der Waals surface area contributed by atoms with Crippen LogP contribution in [0.2, 0.25) is 0 Å². The molecule has 2 N–H and O–H groups in total. The van der Waals surface area contributed by atoms with Crippen LogP contribution in [0.15, 0.2) is 90.2 Å². The van der Waals surface area contributed by atoms with Crippen LogP contribution in [0.3, 0.4) is 0 Å². The predicted octanol–water partition coefficient (Wildman–Crippen LogP) is 4.53. The highest BCUT2D eigenvalue weighted by molar-refractivity contribution is 7.93. The summed E-state index contributed by atoms with van der Waals surface area (Å²) in [5.41, 5.74) is 1.46. The first-order chi connectivity index (χ1) is 18.4. The summed E-state index contributed by atoms with van der Waals surface area (Å²) in [7, 11) is -4.03. The van der Waals surface area contributed by atoms with Crippen molar-refractivity contribution in [3.63, 3.8) is 0 Å². The van der Waals surface area contributed by atoms with E-state index in [-0.39, 0.29) is 10.7 Å². The normalized spacial score (nSPS) is 15.2. The van der Waals surface area contributed by atoms with Gasteiger partial charge in [-0.25, -0.2) is 22.7 Å². The molecule has 0 amide bonds. The minimum atomic E-state index is -4.03. The number of nitrogens with zero attached hydrogens (tertiary/aromatic N) is 3. The van der Waals surface area contributed by atoms with Gasteiger partial charge in [0.2, 0.25) is 0 Å². The van der Waals surface area contributed by atoms with E-state index in [4.69, 9.17) is 4.74 Å². The molecule has 190 valence electrons. The summed E-state index contributed by atoms with van der Waals surface area (Å²) < 4.78 is 34.6. The third kappa shape index (κ3) is 4.50. The monoisotopic (exact) mass is 524 g/mol. The maximum atomic E-state index is 14.0. The average molecular weight is 525 g/mol.